The minimum atomic E-state index is -0.763. The lowest BCUT2D eigenvalue weighted by molar-refractivity contribution is -0.167. The van der Waals surface area contributed by atoms with Crippen molar-refractivity contribution in [2.45, 2.75) is 304 Å². The molecule has 0 aliphatic rings. The maximum absolute atomic E-state index is 12.8. The van der Waals surface area contributed by atoms with E-state index in [9.17, 15) is 14.4 Å². The summed E-state index contributed by atoms with van der Waals surface area (Å²) in [5, 5.41) is 0. The first-order valence-electron chi connectivity index (χ1n) is 27.1. The molecule has 0 bridgehead atoms. The molecule has 0 aromatic heterocycles. The molecular formula is C55H106O6. The van der Waals surface area contributed by atoms with Crippen molar-refractivity contribution in [1.29, 1.82) is 0 Å². The first-order valence-corrected chi connectivity index (χ1v) is 27.1. The van der Waals surface area contributed by atoms with E-state index in [-0.39, 0.29) is 31.1 Å². The fourth-order valence-corrected chi connectivity index (χ4v) is 8.26. The number of ether oxygens (including phenoxy) is 3. The monoisotopic (exact) mass is 863 g/mol. The highest BCUT2D eigenvalue weighted by atomic mass is 16.6. The van der Waals surface area contributed by atoms with Gasteiger partial charge in [-0.2, -0.15) is 0 Å². The third kappa shape index (κ3) is 47.7. The summed E-state index contributed by atoms with van der Waals surface area (Å²) in [4.78, 5) is 38.0. The van der Waals surface area contributed by atoms with Gasteiger partial charge in [-0.1, -0.05) is 260 Å². The maximum atomic E-state index is 12.8. The molecule has 61 heavy (non-hydrogen) atoms. The maximum Gasteiger partial charge on any atom is 0.306 e. The van der Waals surface area contributed by atoms with E-state index < -0.39 is 6.10 Å². The largest absolute Gasteiger partial charge is 0.462 e. The van der Waals surface area contributed by atoms with E-state index in [2.05, 4.69) is 41.5 Å². The topological polar surface area (TPSA) is 78.9 Å². The zero-order valence-corrected chi connectivity index (χ0v) is 42.0. The van der Waals surface area contributed by atoms with Crippen LogP contribution in [-0.2, 0) is 28.6 Å². The number of carbonyl (C=O) groups excluding carboxylic acids is 3. The summed E-state index contributed by atoms with van der Waals surface area (Å²) in [5.41, 5.74) is 0. The number of hydrogen-bond donors (Lipinski definition) is 0. The van der Waals surface area contributed by atoms with Gasteiger partial charge < -0.3 is 14.2 Å². The van der Waals surface area contributed by atoms with Crippen molar-refractivity contribution in [3.8, 4) is 0 Å². The Kier molecular flexibility index (Phi) is 45.2. The molecule has 0 aliphatic heterocycles. The van der Waals surface area contributed by atoms with Gasteiger partial charge in [-0.15, -0.1) is 0 Å². The van der Waals surface area contributed by atoms with Crippen LogP contribution in [0.2, 0.25) is 0 Å². The van der Waals surface area contributed by atoms with E-state index in [0.717, 1.165) is 75.5 Å². The van der Waals surface area contributed by atoms with Crippen molar-refractivity contribution >= 4 is 17.9 Å². The molecule has 0 amide bonds. The number of esters is 3. The molecule has 6 heteroatoms. The molecule has 0 fully saturated rings. The summed E-state index contributed by atoms with van der Waals surface area (Å²) in [6.07, 6.45) is 46.5. The van der Waals surface area contributed by atoms with E-state index in [4.69, 9.17) is 14.2 Å². The van der Waals surface area contributed by atoms with Crippen molar-refractivity contribution in [3.63, 3.8) is 0 Å². The molecule has 0 spiro atoms. The fraction of sp³-hybridized carbons (Fsp3) is 0.945. The lowest BCUT2D eigenvalue weighted by Crippen LogP contribution is -2.30. The smallest absolute Gasteiger partial charge is 0.306 e. The van der Waals surface area contributed by atoms with Crippen LogP contribution in [0.25, 0.3) is 0 Å². The third-order valence-electron chi connectivity index (χ3n) is 12.8. The number of hydrogen-bond acceptors (Lipinski definition) is 6. The van der Waals surface area contributed by atoms with Crippen LogP contribution in [-0.4, -0.2) is 37.2 Å². The Morgan fingerprint density at radius 3 is 0.852 bits per heavy atom. The molecule has 0 aromatic rings. The van der Waals surface area contributed by atoms with Crippen molar-refractivity contribution in [2.75, 3.05) is 13.2 Å². The molecule has 0 saturated heterocycles. The van der Waals surface area contributed by atoms with Gasteiger partial charge >= 0.3 is 17.9 Å². The van der Waals surface area contributed by atoms with Crippen LogP contribution in [0.5, 0.6) is 0 Å². The van der Waals surface area contributed by atoms with E-state index in [0.29, 0.717) is 19.3 Å². The molecule has 2 atom stereocenters. The summed E-state index contributed by atoms with van der Waals surface area (Å²) in [6.45, 7) is 13.8. The highest BCUT2D eigenvalue weighted by Gasteiger charge is 2.19. The van der Waals surface area contributed by atoms with Crippen LogP contribution in [0, 0.1) is 17.8 Å². The second-order valence-corrected chi connectivity index (χ2v) is 20.1. The van der Waals surface area contributed by atoms with Gasteiger partial charge in [-0.05, 0) is 37.0 Å². The Bertz CT molecular complexity index is 947. The molecule has 0 saturated carbocycles. The highest BCUT2D eigenvalue weighted by molar-refractivity contribution is 5.71. The van der Waals surface area contributed by atoms with E-state index >= 15 is 0 Å². The van der Waals surface area contributed by atoms with Crippen molar-refractivity contribution < 1.29 is 28.6 Å². The lowest BCUT2D eigenvalue weighted by atomic mass is 9.99. The van der Waals surface area contributed by atoms with Gasteiger partial charge in [0.05, 0.1) is 0 Å². The minimum absolute atomic E-state index is 0.0644. The van der Waals surface area contributed by atoms with E-state index in [1.807, 2.05) is 0 Å². The minimum Gasteiger partial charge on any atom is -0.462 e. The van der Waals surface area contributed by atoms with Gasteiger partial charge in [0, 0.05) is 19.3 Å². The third-order valence-corrected chi connectivity index (χ3v) is 12.8. The van der Waals surface area contributed by atoms with Crippen molar-refractivity contribution in [3.05, 3.63) is 0 Å². The summed E-state index contributed by atoms with van der Waals surface area (Å²) in [5.74, 6) is 1.68. The quantitative estimate of drug-likeness (QED) is 0.0344. The summed E-state index contributed by atoms with van der Waals surface area (Å²) < 4.78 is 16.8. The molecule has 0 aliphatic carbocycles. The standard InChI is InChI=1S/C55H106O6/c1-7-51(6)43-37-31-25-19-14-16-21-27-33-39-45-54(57)60-48-52(47-59-53(56)44-38-32-26-20-15-13-18-24-30-36-42-50(4)5)61-55(58)46-40-34-28-22-12-10-8-9-11-17-23-29-35-41-49(2)3/h49-52H,7-48H2,1-6H3/t51?,52-/m1/s1. The highest BCUT2D eigenvalue weighted by Crippen LogP contribution is 2.18. The van der Waals surface area contributed by atoms with Crippen LogP contribution in [0.3, 0.4) is 0 Å². The average Bonchev–Trinajstić information content (AvgIpc) is 3.23. The van der Waals surface area contributed by atoms with Crippen molar-refractivity contribution in [2.24, 2.45) is 17.8 Å². The number of carbonyl (C=O) groups is 3. The molecule has 0 rings (SSSR count). The molecular weight excluding hydrogens is 757 g/mol. The summed E-state index contributed by atoms with van der Waals surface area (Å²) in [7, 11) is 0. The van der Waals surface area contributed by atoms with Crippen LogP contribution in [0.1, 0.15) is 298 Å². The van der Waals surface area contributed by atoms with Gasteiger partial charge in [-0.25, -0.2) is 0 Å². The number of rotatable bonds is 48. The number of unbranched alkanes of at least 4 members (excludes halogenated alkanes) is 30. The molecule has 362 valence electrons. The van der Waals surface area contributed by atoms with Gasteiger partial charge in [0.2, 0.25) is 0 Å². The molecule has 6 nitrogen and oxygen atoms in total. The van der Waals surface area contributed by atoms with E-state index in [1.165, 1.54) is 180 Å². The Hall–Kier alpha value is -1.59. The molecule has 0 radical (unpaired) electrons. The van der Waals surface area contributed by atoms with Crippen LogP contribution in [0.15, 0.2) is 0 Å². The Labute approximate surface area is 380 Å². The van der Waals surface area contributed by atoms with Gasteiger partial charge in [0.15, 0.2) is 6.10 Å². The van der Waals surface area contributed by atoms with E-state index in [1.54, 1.807) is 0 Å². The summed E-state index contributed by atoms with van der Waals surface area (Å²) in [6, 6.07) is 0. The normalized spacial score (nSPS) is 12.6. The van der Waals surface area contributed by atoms with Gasteiger partial charge in [0.25, 0.3) is 0 Å². The van der Waals surface area contributed by atoms with Crippen LogP contribution >= 0.6 is 0 Å². The predicted octanol–water partition coefficient (Wildman–Crippen LogP) is 17.6. The summed E-state index contributed by atoms with van der Waals surface area (Å²) >= 11 is 0. The molecule has 1 unspecified atom stereocenters. The van der Waals surface area contributed by atoms with Gasteiger partial charge in [-0.3, -0.25) is 14.4 Å². The van der Waals surface area contributed by atoms with Crippen LogP contribution < -0.4 is 0 Å². The van der Waals surface area contributed by atoms with Crippen LogP contribution in [0.4, 0.5) is 0 Å². The molecule has 0 heterocycles. The Morgan fingerprint density at radius 1 is 0.328 bits per heavy atom. The second-order valence-electron chi connectivity index (χ2n) is 20.1. The first-order chi connectivity index (χ1) is 29.6. The zero-order chi connectivity index (χ0) is 44.9. The zero-order valence-electron chi connectivity index (χ0n) is 42.0. The lowest BCUT2D eigenvalue weighted by Gasteiger charge is -2.18. The molecule has 0 N–H and O–H groups in total. The fourth-order valence-electron chi connectivity index (χ4n) is 8.26. The second kappa shape index (κ2) is 46.4. The Balaban J connectivity index is 4.33. The predicted molar refractivity (Wildman–Crippen MR) is 261 cm³/mol. The average molecular weight is 863 g/mol. The first kappa shape index (κ1) is 59.4. The van der Waals surface area contributed by atoms with Gasteiger partial charge in [0.1, 0.15) is 13.2 Å². The van der Waals surface area contributed by atoms with Crippen molar-refractivity contribution in [1.82, 2.24) is 0 Å². The molecule has 0 aromatic carbocycles. The Morgan fingerprint density at radius 2 is 0.574 bits per heavy atom. The SMILES string of the molecule is CCC(C)CCCCCCCCCCCCC(=O)OC[C@@H](COC(=O)CCCCCCCCCCCCC(C)C)OC(=O)CCCCCCCCCCCCCCCC(C)C.